The summed E-state index contributed by atoms with van der Waals surface area (Å²) in [7, 11) is 1.63. The molecule has 1 unspecified atom stereocenters. The first-order valence-electron chi connectivity index (χ1n) is 5.74. The van der Waals surface area contributed by atoms with Gasteiger partial charge in [0, 0.05) is 20.2 Å². The van der Waals surface area contributed by atoms with Gasteiger partial charge in [-0.1, -0.05) is 0 Å². The van der Waals surface area contributed by atoms with Gasteiger partial charge in [0.2, 0.25) is 5.91 Å². The molecule has 0 aromatic rings. The normalized spacial score (nSPS) is 20.4. The van der Waals surface area contributed by atoms with Gasteiger partial charge in [0.1, 0.15) is 0 Å². The Morgan fingerprint density at radius 3 is 2.94 bits per heavy atom. The van der Waals surface area contributed by atoms with Gasteiger partial charge in [-0.2, -0.15) is 0 Å². The summed E-state index contributed by atoms with van der Waals surface area (Å²) >= 11 is 0. The predicted octanol–water partition coefficient (Wildman–Crippen LogP) is 1.03. The number of likely N-dealkylation sites (tertiary alicyclic amines) is 1. The Morgan fingerprint density at radius 2 is 2.31 bits per heavy atom. The highest BCUT2D eigenvalue weighted by Crippen LogP contribution is 2.19. The molecule has 4 nitrogen and oxygen atoms in total. The van der Waals surface area contributed by atoms with Crippen molar-refractivity contribution in [3.63, 3.8) is 0 Å². The van der Waals surface area contributed by atoms with Crippen LogP contribution in [0.4, 0.5) is 0 Å². The number of halogens is 1. The monoisotopic (exact) mass is 250 g/mol. The lowest BCUT2D eigenvalue weighted by Gasteiger charge is -2.32. The minimum absolute atomic E-state index is 0. The minimum atomic E-state index is 0. The SMILES string of the molecule is COCCC(=O)N1CCCC(CCN)C1.Cl. The van der Waals surface area contributed by atoms with Crippen LogP contribution >= 0.6 is 12.4 Å². The second kappa shape index (κ2) is 8.79. The smallest absolute Gasteiger partial charge is 0.224 e. The molecular weight excluding hydrogens is 228 g/mol. The Hall–Kier alpha value is -0.320. The van der Waals surface area contributed by atoms with Crippen LogP contribution in [0, 0.1) is 5.92 Å². The molecule has 0 bridgehead atoms. The number of rotatable bonds is 5. The number of methoxy groups -OCH3 is 1. The lowest BCUT2D eigenvalue weighted by molar-refractivity contribution is -0.134. The highest BCUT2D eigenvalue weighted by molar-refractivity contribution is 5.85. The number of hydrogen-bond acceptors (Lipinski definition) is 3. The van der Waals surface area contributed by atoms with Gasteiger partial charge in [-0.15, -0.1) is 12.4 Å². The number of carbonyl (C=O) groups excluding carboxylic acids is 1. The fourth-order valence-corrected chi connectivity index (χ4v) is 2.11. The highest BCUT2D eigenvalue weighted by atomic mass is 35.5. The quantitative estimate of drug-likeness (QED) is 0.793. The second-order valence-corrected chi connectivity index (χ2v) is 4.17. The number of amides is 1. The Morgan fingerprint density at radius 1 is 1.56 bits per heavy atom. The summed E-state index contributed by atoms with van der Waals surface area (Å²) in [6, 6.07) is 0. The fourth-order valence-electron chi connectivity index (χ4n) is 2.11. The molecule has 96 valence electrons. The molecule has 1 rings (SSSR count). The van der Waals surface area contributed by atoms with E-state index >= 15 is 0 Å². The van der Waals surface area contributed by atoms with E-state index < -0.39 is 0 Å². The summed E-state index contributed by atoms with van der Waals surface area (Å²) in [5, 5.41) is 0. The third-order valence-corrected chi connectivity index (χ3v) is 2.97. The van der Waals surface area contributed by atoms with Gasteiger partial charge >= 0.3 is 0 Å². The molecule has 0 spiro atoms. The van der Waals surface area contributed by atoms with Gasteiger partial charge < -0.3 is 15.4 Å². The molecule has 0 radical (unpaired) electrons. The lowest BCUT2D eigenvalue weighted by Crippen LogP contribution is -2.40. The molecule has 5 heteroatoms. The molecule has 0 aromatic heterocycles. The standard InChI is InChI=1S/C11H22N2O2.ClH/c1-15-8-5-11(14)13-7-2-3-10(9-13)4-6-12;/h10H,2-9,12H2,1H3;1H. The third-order valence-electron chi connectivity index (χ3n) is 2.97. The number of hydrogen-bond donors (Lipinski definition) is 1. The van der Waals surface area contributed by atoms with Crippen molar-refractivity contribution >= 4 is 18.3 Å². The van der Waals surface area contributed by atoms with Crippen molar-refractivity contribution < 1.29 is 9.53 Å². The van der Waals surface area contributed by atoms with E-state index in [0.717, 1.165) is 32.5 Å². The average molecular weight is 251 g/mol. The van der Waals surface area contributed by atoms with E-state index in [1.54, 1.807) is 7.11 Å². The molecule has 0 aromatic carbocycles. The summed E-state index contributed by atoms with van der Waals surface area (Å²) in [5.74, 6) is 0.828. The maximum absolute atomic E-state index is 11.7. The Labute approximate surface area is 104 Å². The molecule has 2 N–H and O–H groups in total. The zero-order valence-electron chi connectivity index (χ0n) is 9.98. The summed E-state index contributed by atoms with van der Waals surface area (Å²) in [6.45, 7) is 3.05. The minimum Gasteiger partial charge on any atom is -0.384 e. The first-order valence-corrected chi connectivity index (χ1v) is 5.74. The molecule has 1 aliphatic heterocycles. The zero-order valence-corrected chi connectivity index (χ0v) is 10.8. The van der Waals surface area contributed by atoms with Crippen LogP contribution in [0.2, 0.25) is 0 Å². The van der Waals surface area contributed by atoms with Crippen LogP contribution in [0.15, 0.2) is 0 Å². The molecule has 1 saturated heterocycles. The van der Waals surface area contributed by atoms with Gasteiger partial charge in [0.05, 0.1) is 13.0 Å². The van der Waals surface area contributed by atoms with Crippen LogP contribution in [0.5, 0.6) is 0 Å². The first-order chi connectivity index (χ1) is 7.27. The number of piperidine rings is 1. The average Bonchev–Trinajstić information content (AvgIpc) is 2.27. The van der Waals surface area contributed by atoms with Crippen LogP contribution in [0.3, 0.4) is 0 Å². The van der Waals surface area contributed by atoms with Crippen LogP contribution in [-0.2, 0) is 9.53 Å². The van der Waals surface area contributed by atoms with E-state index in [9.17, 15) is 4.79 Å². The molecule has 1 amide bonds. The lowest BCUT2D eigenvalue weighted by atomic mass is 9.95. The molecule has 0 aliphatic carbocycles. The van der Waals surface area contributed by atoms with Crippen LogP contribution in [0.25, 0.3) is 0 Å². The predicted molar refractivity (Wildman–Crippen MR) is 66.7 cm³/mol. The van der Waals surface area contributed by atoms with Crippen LogP contribution < -0.4 is 5.73 Å². The molecule has 1 fully saturated rings. The van der Waals surface area contributed by atoms with Crippen LogP contribution in [0.1, 0.15) is 25.7 Å². The Bertz CT molecular complexity index is 200. The van der Waals surface area contributed by atoms with Crippen LogP contribution in [-0.4, -0.2) is 44.2 Å². The van der Waals surface area contributed by atoms with E-state index in [1.807, 2.05) is 4.90 Å². The molecule has 0 saturated carbocycles. The Kier molecular flexibility index (Phi) is 8.61. The maximum atomic E-state index is 11.7. The van der Waals surface area contributed by atoms with Gasteiger partial charge in [-0.3, -0.25) is 4.79 Å². The van der Waals surface area contributed by atoms with E-state index in [-0.39, 0.29) is 18.3 Å². The van der Waals surface area contributed by atoms with Crippen molar-refractivity contribution in [1.29, 1.82) is 0 Å². The molecule has 1 heterocycles. The first kappa shape index (κ1) is 15.7. The second-order valence-electron chi connectivity index (χ2n) is 4.17. The Balaban J connectivity index is 0.00000225. The number of nitrogens with two attached hydrogens (primary N) is 1. The number of carbonyl (C=O) groups is 1. The topological polar surface area (TPSA) is 55.6 Å². The summed E-state index contributed by atoms with van der Waals surface area (Å²) < 4.78 is 4.91. The summed E-state index contributed by atoms with van der Waals surface area (Å²) in [4.78, 5) is 13.7. The van der Waals surface area contributed by atoms with Gasteiger partial charge in [0.15, 0.2) is 0 Å². The maximum Gasteiger partial charge on any atom is 0.224 e. The van der Waals surface area contributed by atoms with Crippen molar-refractivity contribution in [2.75, 3.05) is 33.4 Å². The van der Waals surface area contributed by atoms with Crippen molar-refractivity contribution in [3.8, 4) is 0 Å². The van der Waals surface area contributed by atoms with Crippen molar-refractivity contribution in [3.05, 3.63) is 0 Å². The number of nitrogens with zero attached hydrogens (tertiary/aromatic N) is 1. The van der Waals surface area contributed by atoms with Gasteiger partial charge in [0.25, 0.3) is 0 Å². The van der Waals surface area contributed by atoms with E-state index in [2.05, 4.69) is 0 Å². The summed E-state index contributed by atoms with van der Waals surface area (Å²) in [5.41, 5.74) is 5.54. The van der Waals surface area contributed by atoms with Crippen molar-refractivity contribution in [2.24, 2.45) is 11.7 Å². The summed E-state index contributed by atoms with van der Waals surface area (Å²) in [6.07, 6.45) is 3.87. The zero-order chi connectivity index (χ0) is 11.1. The number of ether oxygens (including phenoxy) is 1. The van der Waals surface area contributed by atoms with Crippen molar-refractivity contribution in [2.45, 2.75) is 25.7 Å². The highest BCUT2D eigenvalue weighted by Gasteiger charge is 2.22. The molecule has 1 aliphatic rings. The van der Waals surface area contributed by atoms with E-state index in [0.29, 0.717) is 18.9 Å². The largest absolute Gasteiger partial charge is 0.384 e. The van der Waals surface area contributed by atoms with E-state index in [4.69, 9.17) is 10.5 Å². The fraction of sp³-hybridized carbons (Fsp3) is 0.909. The molecule has 16 heavy (non-hydrogen) atoms. The van der Waals surface area contributed by atoms with Crippen molar-refractivity contribution in [1.82, 2.24) is 4.90 Å². The van der Waals surface area contributed by atoms with E-state index in [1.165, 1.54) is 6.42 Å². The molecular formula is C11H23ClN2O2. The van der Waals surface area contributed by atoms with Gasteiger partial charge in [-0.05, 0) is 31.7 Å². The van der Waals surface area contributed by atoms with Gasteiger partial charge in [-0.25, -0.2) is 0 Å². The molecule has 1 atom stereocenters. The third kappa shape index (κ3) is 5.14.